The number of benzene rings is 1. The van der Waals surface area contributed by atoms with Gasteiger partial charge in [-0.25, -0.2) is 4.98 Å². The van der Waals surface area contributed by atoms with Crippen LogP contribution >= 0.6 is 34.5 Å². The van der Waals surface area contributed by atoms with E-state index in [-0.39, 0.29) is 18.2 Å². The van der Waals surface area contributed by atoms with Crippen LogP contribution in [0.3, 0.4) is 0 Å². The maximum Gasteiger partial charge on any atom is 0.226 e. The number of hydrogen-bond acceptors (Lipinski definition) is 4. The molecule has 2 heterocycles. The molecule has 1 aromatic carbocycles. The number of carbonyl (C=O) groups is 1. The average Bonchev–Trinajstić information content (AvgIpc) is 2.69. The smallest absolute Gasteiger partial charge is 0.226 e. The number of rotatable bonds is 1. The summed E-state index contributed by atoms with van der Waals surface area (Å²) in [5.41, 5.74) is 6.47. The van der Waals surface area contributed by atoms with Crippen molar-refractivity contribution in [1.29, 1.82) is 0 Å². The summed E-state index contributed by atoms with van der Waals surface area (Å²) in [5, 5.41) is 4.22. The van der Waals surface area contributed by atoms with Gasteiger partial charge in [-0.1, -0.05) is 40.6 Å². The zero-order valence-corrected chi connectivity index (χ0v) is 11.9. The van der Waals surface area contributed by atoms with Gasteiger partial charge < -0.3 is 11.1 Å². The Labute approximate surface area is 123 Å². The molecule has 7 heteroatoms. The molecule has 4 nitrogen and oxygen atoms in total. The predicted octanol–water partition coefficient (Wildman–Crippen LogP) is 3.51. The van der Waals surface area contributed by atoms with Crippen LogP contribution in [0.1, 0.15) is 22.8 Å². The quantitative estimate of drug-likeness (QED) is 0.846. The number of anilines is 2. The highest BCUT2D eigenvalue weighted by atomic mass is 35.5. The number of carbonyl (C=O) groups excluding carboxylic acids is 1. The second kappa shape index (κ2) is 4.67. The average molecular weight is 314 g/mol. The van der Waals surface area contributed by atoms with Crippen molar-refractivity contribution in [3.63, 3.8) is 0 Å². The summed E-state index contributed by atoms with van der Waals surface area (Å²) in [6.07, 6.45) is 0.290. The van der Waals surface area contributed by atoms with Crippen molar-refractivity contribution in [2.24, 2.45) is 0 Å². The number of thiazole rings is 1. The van der Waals surface area contributed by atoms with Crippen LogP contribution < -0.4 is 11.1 Å². The van der Waals surface area contributed by atoms with Crippen LogP contribution in [0.4, 0.5) is 10.9 Å². The van der Waals surface area contributed by atoms with E-state index in [1.807, 2.05) is 0 Å². The molecule has 0 saturated heterocycles. The van der Waals surface area contributed by atoms with Gasteiger partial charge in [0.05, 0.1) is 4.88 Å². The highest BCUT2D eigenvalue weighted by Crippen LogP contribution is 2.45. The van der Waals surface area contributed by atoms with Crippen molar-refractivity contribution in [2.75, 3.05) is 11.1 Å². The summed E-state index contributed by atoms with van der Waals surface area (Å²) < 4.78 is 0. The van der Waals surface area contributed by atoms with Crippen molar-refractivity contribution in [1.82, 2.24) is 4.98 Å². The number of nitrogen functional groups attached to an aromatic ring is 1. The molecular weight excluding hydrogens is 305 g/mol. The van der Waals surface area contributed by atoms with Crippen LogP contribution in [0.15, 0.2) is 18.2 Å². The maximum atomic E-state index is 11.8. The lowest BCUT2D eigenvalue weighted by molar-refractivity contribution is -0.116. The lowest BCUT2D eigenvalue weighted by Gasteiger charge is -2.23. The number of aromatic nitrogens is 1. The first-order chi connectivity index (χ1) is 9.06. The number of fused-ring (bicyclic) bond motifs is 1. The lowest BCUT2D eigenvalue weighted by atomic mass is 9.91. The van der Waals surface area contributed by atoms with Crippen LogP contribution in [0.2, 0.25) is 10.0 Å². The van der Waals surface area contributed by atoms with Gasteiger partial charge in [0.25, 0.3) is 0 Å². The fourth-order valence-electron chi connectivity index (χ4n) is 2.21. The lowest BCUT2D eigenvalue weighted by Crippen LogP contribution is -2.23. The molecule has 0 fully saturated rings. The monoisotopic (exact) mass is 313 g/mol. The van der Waals surface area contributed by atoms with Gasteiger partial charge in [-0.2, -0.15) is 0 Å². The largest absolute Gasteiger partial charge is 0.375 e. The van der Waals surface area contributed by atoms with Crippen molar-refractivity contribution in [3.8, 4) is 0 Å². The normalized spacial score (nSPS) is 18.0. The fourth-order valence-corrected chi connectivity index (χ4v) is 3.77. The molecule has 3 N–H and O–H groups in total. The van der Waals surface area contributed by atoms with Gasteiger partial charge in [-0.3, -0.25) is 4.79 Å². The molecule has 19 heavy (non-hydrogen) atoms. The summed E-state index contributed by atoms with van der Waals surface area (Å²) in [7, 11) is 0. The topological polar surface area (TPSA) is 68.0 Å². The van der Waals surface area contributed by atoms with Crippen LogP contribution in [-0.2, 0) is 4.79 Å². The van der Waals surface area contributed by atoms with Crippen LogP contribution in [-0.4, -0.2) is 10.9 Å². The van der Waals surface area contributed by atoms with Crippen molar-refractivity contribution in [2.45, 2.75) is 12.3 Å². The van der Waals surface area contributed by atoms with E-state index in [1.54, 1.807) is 18.2 Å². The number of hydrogen-bond donors (Lipinski definition) is 2. The Morgan fingerprint density at radius 1 is 1.37 bits per heavy atom. The molecule has 0 unspecified atom stereocenters. The van der Waals surface area contributed by atoms with Crippen LogP contribution in [0.5, 0.6) is 0 Å². The third kappa shape index (κ3) is 2.18. The molecule has 1 aliphatic rings. The van der Waals surface area contributed by atoms with Crippen molar-refractivity contribution in [3.05, 3.63) is 38.7 Å². The van der Waals surface area contributed by atoms with Gasteiger partial charge in [0.15, 0.2) is 5.13 Å². The molecule has 98 valence electrons. The molecule has 0 bridgehead atoms. The fraction of sp³-hybridized carbons (Fsp3) is 0.167. The molecular formula is C12H9Cl2N3OS. The minimum absolute atomic E-state index is 0.112. The van der Waals surface area contributed by atoms with Crippen molar-refractivity contribution < 1.29 is 4.79 Å². The van der Waals surface area contributed by atoms with Gasteiger partial charge in [0.2, 0.25) is 5.91 Å². The molecule has 1 amide bonds. The third-order valence-corrected chi connectivity index (χ3v) is 4.64. The summed E-state index contributed by atoms with van der Waals surface area (Å²) in [5.74, 6) is 0.207. The molecule has 0 radical (unpaired) electrons. The molecule has 3 rings (SSSR count). The predicted molar refractivity (Wildman–Crippen MR) is 78.1 cm³/mol. The first-order valence-electron chi connectivity index (χ1n) is 5.56. The minimum Gasteiger partial charge on any atom is -0.375 e. The molecule has 0 spiro atoms. The second-order valence-corrected chi connectivity index (χ2v) is 6.08. The molecule has 0 saturated carbocycles. The highest BCUT2D eigenvalue weighted by molar-refractivity contribution is 7.16. The molecule has 1 aliphatic heterocycles. The van der Waals surface area contributed by atoms with E-state index in [2.05, 4.69) is 10.3 Å². The van der Waals surface area contributed by atoms with Gasteiger partial charge in [0, 0.05) is 22.4 Å². The van der Waals surface area contributed by atoms with E-state index in [9.17, 15) is 4.79 Å². The minimum atomic E-state index is -0.195. The van der Waals surface area contributed by atoms with Gasteiger partial charge in [-0.05, 0) is 17.7 Å². The van der Waals surface area contributed by atoms with E-state index in [0.717, 1.165) is 10.4 Å². The Morgan fingerprint density at radius 2 is 2.05 bits per heavy atom. The first kappa shape index (κ1) is 12.7. The van der Waals surface area contributed by atoms with E-state index in [4.69, 9.17) is 28.9 Å². The zero-order chi connectivity index (χ0) is 13.6. The first-order valence-corrected chi connectivity index (χ1v) is 7.13. The number of halogens is 2. The van der Waals surface area contributed by atoms with E-state index >= 15 is 0 Å². The molecule has 0 aliphatic carbocycles. The van der Waals surface area contributed by atoms with Gasteiger partial charge in [-0.15, -0.1) is 0 Å². The van der Waals surface area contributed by atoms with Crippen LogP contribution in [0.25, 0.3) is 0 Å². The number of nitrogens with zero attached hydrogens (tertiary/aromatic N) is 1. The Hall–Kier alpha value is -1.30. The van der Waals surface area contributed by atoms with Crippen LogP contribution in [0, 0.1) is 0 Å². The second-order valence-electron chi connectivity index (χ2n) is 4.21. The summed E-state index contributed by atoms with van der Waals surface area (Å²) in [6, 6.07) is 5.30. The molecule has 2 aromatic rings. The van der Waals surface area contributed by atoms with Crippen molar-refractivity contribution >= 4 is 51.4 Å². The van der Waals surface area contributed by atoms with E-state index < -0.39 is 0 Å². The van der Waals surface area contributed by atoms with Gasteiger partial charge in [0.1, 0.15) is 5.82 Å². The maximum absolute atomic E-state index is 11.8. The third-order valence-electron chi connectivity index (χ3n) is 2.98. The Bertz CT molecular complexity index is 651. The molecule has 1 atom stereocenters. The Kier molecular flexibility index (Phi) is 3.12. The Morgan fingerprint density at radius 3 is 2.74 bits per heavy atom. The van der Waals surface area contributed by atoms with Gasteiger partial charge >= 0.3 is 0 Å². The molecule has 1 aromatic heterocycles. The standard InChI is InChI=1S/C12H9Cl2N3OS/c13-6-2-1-3-7(14)9(6)5-4-8(18)16-11-10(5)19-12(15)17-11/h1-3,5H,4H2,(H2,15,17)(H,16,18)/t5-/m0/s1. The number of nitrogens with two attached hydrogens (primary N) is 1. The zero-order valence-electron chi connectivity index (χ0n) is 9.61. The number of nitrogens with one attached hydrogen (secondary N) is 1. The summed E-state index contributed by atoms with van der Waals surface area (Å²) in [6.45, 7) is 0. The summed E-state index contributed by atoms with van der Waals surface area (Å²) >= 11 is 13.8. The Balaban J connectivity index is 2.18. The number of amides is 1. The van der Waals surface area contributed by atoms with E-state index in [1.165, 1.54) is 11.3 Å². The summed E-state index contributed by atoms with van der Waals surface area (Å²) in [4.78, 5) is 16.8. The SMILES string of the molecule is Nc1nc2c(s1)[C@H](c1c(Cl)cccc1Cl)CC(=O)N2. The van der Waals surface area contributed by atoms with E-state index in [0.29, 0.717) is 21.0 Å². The highest BCUT2D eigenvalue weighted by Gasteiger charge is 2.32.